The fourth-order valence-corrected chi connectivity index (χ4v) is 3.44. The minimum atomic E-state index is -0.483. The molecule has 2 amide bonds. The van der Waals surface area contributed by atoms with Crippen LogP contribution in [-0.4, -0.2) is 23.8 Å². The lowest BCUT2D eigenvalue weighted by molar-refractivity contribution is -0.123. The zero-order chi connectivity index (χ0) is 18.8. The van der Waals surface area contributed by atoms with E-state index in [0.29, 0.717) is 21.4 Å². The summed E-state index contributed by atoms with van der Waals surface area (Å²) < 4.78 is 0. The quantitative estimate of drug-likeness (QED) is 0.816. The summed E-state index contributed by atoms with van der Waals surface area (Å²) in [7, 11) is 1.75. The number of nitrogens with zero attached hydrogens (tertiary/aromatic N) is 1. The van der Waals surface area contributed by atoms with Gasteiger partial charge in [0.2, 0.25) is 5.91 Å². The van der Waals surface area contributed by atoms with Crippen molar-refractivity contribution in [2.24, 2.45) is 5.41 Å². The van der Waals surface area contributed by atoms with Crippen molar-refractivity contribution in [1.29, 1.82) is 0 Å². The Hall–Kier alpha value is -1.85. The van der Waals surface area contributed by atoms with Gasteiger partial charge < -0.3 is 10.2 Å². The SMILES string of the molecule is Cc1cc(NC(=O)C(C)(C)C)sc1C(=O)N(C)Cc1ccccc1Cl. The van der Waals surface area contributed by atoms with Gasteiger partial charge in [-0.05, 0) is 30.2 Å². The van der Waals surface area contributed by atoms with Gasteiger partial charge in [0.1, 0.15) is 0 Å². The first kappa shape index (κ1) is 19.5. The van der Waals surface area contributed by atoms with Crippen molar-refractivity contribution in [3.8, 4) is 0 Å². The largest absolute Gasteiger partial charge is 0.337 e. The fourth-order valence-electron chi connectivity index (χ4n) is 2.18. The summed E-state index contributed by atoms with van der Waals surface area (Å²) in [6.45, 7) is 7.87. The van der Waals surface area contributed by atoms with Crippen molar-refractivity contribution in [1.82, 2.24) is 4.90 Å². The van der Waals surface area contributed by atoms with Crippen LogP contribution in [0.4, 0.5) is 5.00 Å². The Morgan fingerprint density at radius 2 is 1.88 bits per heavy atom. The molecular formula is C19H23ClN2O2S. The maximum Gasteiger partial charge on any atom is 0.264 e. The number of rotatable bonds is 4. The number of carbonyl (C=O) groups is 2. The molecule has 2 aromatic rings. The molecular weight excluding hydrogens is 356 g/mol. The monoisotopic (exact) mass is 378 g/mol. The summed E-state index contributed by atoms with van der Waals surface area (Å²) in [5, 5.41) is 4.21. The van der Waals surface area contributed by atoms with E-state index in [1.165, 1.54) is 11.3 Å². The van der Waals surface area contributed by atoms with Crippen LogP contribution in [0.15, 0.2) is 30.3 Å². The molecule has 1 aromatic heterocycles. The second kappa shape index (κ2) is 7.58. The molecule has 0 bridgehead atoms. The molecule has 25 heavy (non-hydrogen) atoms. The summed E-state index contributed by atoms with van der Waals surface area (Å²) in [6.07, 6.45) is 0. The lowest BCUT2D eigenvalue weighted by atomic mass is 9.96. The molecule has 0 fully saturated rings. The van der Waals surface area contributed by atoms with E-state index in [1.807, 2.05) is 58.0 Å². The van der Waals surface area contributed by atoms with Gasteiger partial charge in [-0.3, -0.25) is 9.59 Å². The first-order valence-corrected chi connectivity index (χ1v) is 9.20. The molecule has 0 aliphatic heterocycles. The van der Waals surface area contributed by atoms with Crippen molar-refractivity contribution >= 4 is 39.8 Å². The van der Waals surface area contributed by atoms with Crippen LogP contribution in [0.3, 0.4) is 0 Å². The highest BCUT2D eigenvalue weighted by Crippen LogP contribution is 2.30. The maximum atomic E-state index is 12.8. The smallest absolute Gasteiger partial charge is 0.264 e. The van der Waals surface area contributed by atoms with Gasteiger partial charge in [-0.1, -0.05) is 50.6 Å². The van der Waals surface area contributed by atoms with Crippen LogP contribution >= 0.6 is 22.9 Å². The van der Waals surface area contributed by atoms with Gasteiger partial charge in [0.25, 0.3) is 5.91 Å². The van der Waals surface area contributed by atoms with Crippen LogP contribution in [0, 0.1) is 12.3 Å². The number of aryl methyl sites for hydroxylation is 1. The highest BCUT2D eigenvalue weighted by molar-refractivity contribution is 7.18. The van der Waals surface area contributed by atoms with E-state index in [-0.39, 0.29) is 11.8 Å². The average Bonchev–Trinajstić information content (AvgIpc) is 2.88. The zero-order valence-electron chi connectivity index (χ0n) is 15.1. The predicted molar refractivity (Wildman–Crippen MR) is 104 cm³/mol. The number of amides is 2. The minimum absolute atomic E-state index is 0.0721. The molecule has 0 saturated carbocycles. The summed E-state index contributed by atoms with van der Waals surface area (Å²) >= 11 is 7.47. The molecule has 1 heterocycles. The third-order valence-electron chi connectivity index (χ3n) is 3.74. The summed E-state index contributed by atoms with van der Waals surface area (Å²) in [5.41, 5.74) is 1.27. The van der Waals surface area contributed by atoms with Gasteiger partial charge in [0, 0.05) is 24.0 Å². The van der Waals surface area contributed by atoms with Gasteiger partial charge >= 0.3 is 0 Å². The van der Waals surface area contributed by atoms with Crippen molar-refractivity contribution < 1.29 is 9.59 Å². The number of carbonyl (C=O) groups excluding carboxylic acids is 2. The third kappa shape index (κ3) is 4.83. The summed E-state index contributed by atoms with van der Waals surface area (Å²) in [6, 6.07) is 9.32. The van der Waals surface area contributed by atoms with E-state index in [0.717, 1.165) is 11.1 Å². The fraction of sp³-hybridized carbons (Fsp3) is 0.368. The Morgan fingerprint density at radius 1 is 1.24 bits per heavy atom. The molecule has 0 spiro atoms. The normalized spacial score (nSPS) is 11.3. The number of benzene rings is 1. The zero-order valence-corrected chi connectivity index (χ0v) is 16.7. The van der Waals surface area contributed by atoms with Crippen molar-refractivity contribution in [3.63, 3.8) is 0 Å². The maximum absolute atomic E-state index is 12.8. The number of nitrogens with one attached hydrogen (secondary N) is 1. The Bertz CT molecular complexity index is 793. The van der Waals surface area contributed by atoms with Crippen LogP contribution in [0.5, 0.6) is 0 Å². The summed E-state index contributed by atoms with van der Waals surface area (Å²) in [5.74, 6) is -0.157. The Kier molecular flexibility index (Phi) is 5.91. The van der Waals surface area contributed by atoms with Gasteiger partial charge in [-0.2, -0.15) is 0 Å². The molecule has 0 saturated heterocycles. The summed E-state index contributed by atoms with van der Waals surface area (Å²) in [4.78, 5) is 27.1. The number of anilines is 1. The highest BCUT2D eigenvalue weighted by atomic mass is 35.5. The molecule has 1 aromatic carbocycles. The second-order valence-electron chi connectivity index (χ2n) is 7.08. The molecule has 4 nitrogen and oxygen atoms in total. The Balaban J connectivity index is 2.14. The molecule has 2 rings (SSSR count). The number of thiophene rings is 1. The molecule has 0 atom stereocenters. The Morgan fingerprint density at radius 3 is 2.48 bits per heavy atom. The Labute approximate surface area is 157 Å². The first-order valence-electron chi connectivity index (χ1n) is 8.00. The third-order valence-corrected chi connectivity index (χ3v) is 5.25. The molecule has 134 valence electrons. The van der Waals surface area contributed by atoms with E-state index >= 15 is 0 Å². The van der Waals surface area contributed by atoms with Crippen LogP contribution < -0.4 is 5.32 Å². The number of halogens is 1. The highest BCUT2D eigenvalue weighted by Gasteiger charge is 2.24. The topological polar surface area (TPSA) is 49.4 Å². The van der Waals surface area contributed by atoms with Crippen LogP contribution in [-0.2, 0) is 11.3 Å². The van der Waals surface area contributed by atoms with E-state index in [9.17, 15) is 9.59 Å². The van der Waals surface area contributed by atoms with Gasteiger partial charge in [0.05, 0.1) is 9.88 Å². The van der Waals surface area contributed by atoms with Crippen molar-refractivity contribution in [2.45, 2.75) is 34.2 Å². The first-order chi connectivity index (χ1) is 11.6. The molecule has 6 heteroatoms. The molecule has 0 aliphatic rings. The van der Waals surface area contributed by atoms with Gasteiger partial charge in [-0.25, -0.2) is 0 Å². The lowest BCUT2D eigenvalue weighted by Gasteiger charge is -2.18. The van der Waals surface area contributed by atoms with E-state index in [1.54, 1.807) is 11.9 Å². The molecule has 0 radical (unpaired) electrons. The average molecular weight is 379 g/mol. The molecule has 0 aliphatic carbocycles. The van der Waals surface area contributed by atoms with Gasteiger partial charge in [0.15, 0.2) is 0 Å². The van der Waals surface area contributed by atoms with E-state index in [4.69, 9.17) is 11.6 Å². The number of hydrogen-bond donors (Lipinski definition) is 1. The van der Waals surface area contributed by atoms with E-state index in [2.05, 4.69) is 5.32 Å². The van der Waals surface area contributed by atoms with Crippen LogP contribution in [0.25, 0.3) is 0 Å². The number of hydrogen-bond acceptors (Lipinski definition) is 3. The molecule has 0 unspecified atom stereocenters. The standard InChI is InChI=1S/C19H23ClN2O2S/c1-12-10-15(21-18(24)19(2,3)4)25-16(12)17(23)22(5)11-13-8-6-7-9-14(13)20/h6-10H,11H2,1-5H3,(H,21,24). The van der Waals surface area contributed by atoms with Crippen LogP contribution in [0.1, 0.15) is 41.6 Å². The van der Waals surface area contributed by atoms with Crippen molar-refractivity contribution in [2.75, 3.05) is 12.4 Å². The van der Waals surface area contributed by atoms with Crippen LogP contribution in [0.2, 0.25) is 5.02 Å². The second-order valence-corrected chi connectivity index (χ2v) is 8.54. The van der Waals surface area contributed by atoms with E-state index < -0.39 is 5.41 Å². The van der Waals surface area contributed by atoms with Crippen molar-refractivity contribution in [3.05, 3.63) is 51.4 Å². The lowest BCUT2D eigenvalue weighted by Crippen LogP contribution is -2.27. The molecule has 1 N–H and O–H groups in total. The minimum Gasteiger partial charge on any atom is -0.337 e. The van der Waals surface area contributed by atoms with Gasteiger partial charge in [-0.15, -0.1) is 11.3 Å². The predicted octanol–water partition coefficient (Wildman–Crippen LogP) is 4.97.